The third-order valence-electron chi connectivity index (χ3n) is 2.51. The first-order valence-electron chi connectivity index (χ1n) is 5.89. The molecule has 4 N–H and O–H groups in total. The van der Waals surface area contributed by atoms with E-state index < -0.39 is 17.2 Å². The number of aryl methyl sites for hydroxylation is 1. The third kappa shape index (κ3) is 4.71. The Morgan fingerprint density at radius 1 is 1.45 bits per heavy atom. The number of aromatic amines is 2. The number of rotatable bonds is 6. The molecule has 0 bridgehead atoms. The van der Waals surface area contributed by atoms with Gasteiger partial charge in [0.1, 0.15) is 0 Å². The van der Waals surface area contributed by atoms with Gasteiger partial charge in [0.15, 0.2) is 0 Å². The van der Waals surface area contributed by atoms with E-state index in [0.717, 1.165) is 0 Å². The maximum absolute atomic E-state index is 11.6. The van der Waals surface area contributed by atoms with Gasteiger partial charge in [-0.3, -0.25) is 14.6 Å². The highest BCUT2D eigenvalue weighted by Gasteiger charge is 2.09. The third-order valence-corrected chi connectivity index (χ3v) is 3.25. The molecule has 0 aliphatic carbocycles. The van der Waals surface area contributed by atoms with Crippen LogP contribution in [0.3, 0.4) is 0 Å². The van der Waals surface area contributed by atoms with Crippen LogP contribution in [0.5, 0.6) is 0 Å². The Kier molecular flexibility index (Phi) is 6.26. The summed E-state index contributed by atoms with van der Waals surface area (Å²) in [5.41, 5.74) is -0.552. The summed E-state index contributed by atoms with van der Waals surface area (Å²) in [4.78, 5) is 38.7. The number of hydrogen-bond acceptors (Lipinski definition) is 5. The average molecular weight is 299 g/mol. The normalized spacial score (nSPS) is 12.6. The summed E-state index contributed by atoms with van der Waals surface area (Å²) in [5.74, 6) is 0.178. The second kappa shape index (κ2) is 7.71. The number of carbonyl (C=O) groups is 1. The minimum atomic E-state index is -0.589. The lowest BCUT2D eigenvalue weighted by molar-refractivity contribution is -0.117. The van der Waals surface area contributed by atoms with E-state index in [0.29, 0.717) is 11.4 Å². The molecule has 0 spiro atoms. The minimum Gasteiger partial charge on any atom is -0.394 e. The predicted molar refractivity (Wildman–Crippen MR) is 78.9 cm³/mol. The van der Waals surface area contributed by atoms with E-state index >= 15 is 0 Å². The fourth-order valence-electron chi connectivity index (χ4n) is 1.56. The number of aliphatic hydroxyl groups excluding tert-OH is 1. The second-order valence-corrected chi connectivity index (χ2v) is 5.03. The Bertz CT molecular complexity index is 605. The first-order valence-corrected chi connectivity index (χ1v) is 7.29. The molecule has 0 aliphatic heterocycles. The smallest absolute Gasteiger partial charge is 0.325 e. The van der Waals surface area contributed by atoms with Crippen molar-refractivity contribution in [2.75, 3.05) is 18.6 Å². The molecule has 1 atom stereocenters. The molecule has 20 heavy (non-hydrogen) atoms. The lowest BCUT2D eigenvalue weighted by Gasteiger charge is -2.13. The highest BCUT2D eigenvalue weighted by molar-refractivity contribution is 7.98. The predicted octanol–water partition coefficient (Wildman–Crippen LogP) is -0.775. The molecule has 110 valence electrons. The number of aromatic nitrogens is 2. The molecule has 0 fully saturated rings. The van der Waals surface area contributed by atoms with Gasteiger partial charge in [-0.05, 0) is 19.3 Å². The molecule has 1 aromatic rings. The summed E-state index contributed by atoms with van der Waals surface area (Å²) >= 11 is 1.50. The molecule has 7 nitrogen and oxygen atoms in total. The van der Waals surface area contributed by atoms with Gasteiger partial charge < -0.3 is 15.4 Å². The zero-order chi connectivity index (χ0) is 15.1. The zero-order valence-corrected chi connectivity index (χ0v) is 12.0. The van der Waals surface area contributed by atoms with E-state index in [-0.39, 0.29) is 18.2 Å². The molecular formula is C12H17N3O4S. The highest BCUT2D eigenvalue weighted by Crippen LogP contribution is 1.99. The van der Waals surface area contributed by atoms with Gasteiger partial charge >= 0.3 is 5.69 Å². The standard InChI is InChI=1S/C12H17N3O4S/c1-7-9(11(18)15-12(19)13-7)3-4-10(17)14-8(5-16)6-20-2/h3-4,8,16H,5-6H2,1-2H3,(H,14,17)(H2,13,15,18,19)/t8-/m1/s1. The van der Waals surface area contributed by atoms with Crippen LogP contribution in [0.15, 0.2) is 15.7 Å². The number of aliphatic hydroxyl groups is 1. The molecule has 1 aromatic heterocycles. The Morgan fingerprint density at radius 3 is 2.70 bits per heavy atom. The van der Waals surface area contributed by atoms with Crippen molar-refractivity contribution in [3.05, 3.63) is 38.2 Å². The molecule has 1 amide bonds. The van der Waals surface area contributed by atoms with Crippen LogP contribution >= 0.6 is 11.8 Å². The molecular weight excluding hydrogens is 282 g/mol. The molecule has 1 rings (SSSR count). The summed E-state index contributed by atoms with van der Waals surface area (Å²) in [5, 5.41) is 11.7. The van der Waals surface area contributed by atoms with Crippen LogP contribution in [0.25, 0.3) is 6.08 Å². The molecule has 0 aromatic carbocycles. The molecule has 8 heteroatoms. The molecule has 0 saturated carbocycles. The maximum Gasteiger partial charge on any atom is 0.325 e. The number of H-pyrrole nitrogens is 2. The molecule has 1 heterocycles. The van der Waals surface area contributed by atoms with E-state index in [1.807, 2.05) is 6.26 Å². The minimum absolute atomic E-state index is 0.154. The van der Waals surface area contributed by atoms with E-state index in [1.54, 1.807) is 6.92 Å². The van der Waals surface area contributed by atoms with E-state index in [4.69, 9.17) is 5.11 Å². The number of hydrogen-bond donors (Lipinski definition) is 4. The quantitative estimate of drug-likeness (QED) is 0.515. The van der Waals surface area contributed by atoms with Gasteiger partial charge in [-0.2, -0.15) is 11.8 Å². The SMILES string of the molecule is CSC[C@@H](CO)NC(=O)C=Cc1c(C)[nH]c(=O)[nH]c1=O. The molecule has 0 aliphatic rings. The first kappa shape index (κ1) is 16.3. The summed E-state index contributed by atoms with van der Waals surface area (Å²) < 4.78 is 0. The fraction of sp³-hybridized carbons (Fsp3) is 0.417. The monoisotopic (exact) mass is 299 g/mol. The van der Waals surface area contributed by atoms with Gasteiger partial charge in [0.05, 0.1) is 18.2 Å². The Labute approximate surface area is 119 Å². The highest BCUT2D eigenvalue weighted by atomic mass is 32.2. The van der Waals surface area contributed by atoms with Gasteiger partial charge in [-0.1, -0.05) is 0 Å². The Balaban J connectivity index is 2.80. The topological polar surface area (TPSA) is 115 Å². The summed E-state index contributed by atoms with van der Waals surface area (Å²) in [7, 11) is 0. The molecule has 0 radical (unpaired) electrons. The van der Waals surface area contributed by atoms with Crippen molar-refractivity contribution in [2.24, 2.45) is 0 Å². The van der Waals surface area contributed by atoms with Crippen LogP contribution in [0.2, 0.25) is 0 Å². The number of carbonyl (C=O) groups excluding carboxylic acids is 1. The van der Waals surface area contributed by atoms with Crippen molar-refractivity contribution in [3.8, 4) is 0 Å². The largest absolute Gasteiger partial charge is 0.394 e. The van der Waals surface area contributed by atoms with Crippen LogP contribution in [-0.2, 0) is 4.79 Å². The van der Waals surface area contributed by atoms with Crippen molar-refractivity contribution >= 4 is 23.7 Å². The molecule has 0 unspecified atom stereocenters. The van der Waals surface area contributed by atoms with Crippen LogP contribution < -0.4 is 16.6 Å². The second-order valence-electron chi connectivity index (χ2n) is 4.12. The lowest BCUT2D eigenvalue weighted by Crippen LogP contribution is -2.38. The number of amides is 1. The van der Waals surface area contributed by atoms with Gasteiger partial charge in [0.2, 0.25) is 5.91 Å². The Hall–Kier alpha value is -1.80. The number of nitrogens with one attached hydrogen (secondary N) is 3. The maximum atomic E-state index is 11.6. The van der Waals surface area contributed by atoms with Gasteiger partial charge in [-0.15, -0.1) is 0 Å². The van der Waals surface area contributed by atoms with Crippen LogP contribution in [0.4, 0.5) is 0 Å². The van der Waals surface area contributed by atoms with E-state index in [9.17, 15) is 14.4 Å². The van der Waals surface area contributed by atoms with Gasteiger partial charge in [0, 0.05) is 17.5 Å². The van der Waals surface area contributed by atoms with E-state index in [2.05, 4.69) is 15.3 Å². The van der Waals surface area contributed by atoms with Crippen LogP contribution in [0, 0.1) is 6.92 Å². The van der Waals surface area contributed by atoms with Gasteiger partial charge in [-0.25, -0.2) is 4.79 Å². The Morgan fingerprint density at radius 2 is 2.15 bits per heavy atom. The van der Waals surface area contributed by atoms with Crippen LogP contribution in [-0.4, -0.2) is 45.6 Å². The summed E-state index contributed by atoms with van der Waals surface area (Å²) in [6.45, 7) is 1.41. The number of thioether (sulfide) groups is 1. The first-order chi connectivity index (χ1) is 9.47. The van der Waals surface area contributed by atoms with Crippen LogP contribution in [0.1, 0.15) is 11.3 Å². The van der Waals surface area contributed by atoms with Crippen molar-refractivity contribution in [1.29, 1.82) is 0 Å². The van der Waals surface area contributed by atoms with Crippen molar-refractivity contribution in [1.82, 2.24) is 15.3 Å². The molecule has 0 saturated heterocycles. The van der Waals surface area contributed by atoms with Crippen molar-refractivity contribution in [3.63, 3.8) is 0 Å². The summed E-state index contributed by atoms with van der Waals surface area (Å²) in [6, 6.07) is -0.336. The lowest BCUT2D eigenvalue weighted by atomic mass is 10.2. The van der Waals surface area contributed by atoms with Gasteiger partial charge in [0.25, 0.3) is 5.56 Å². The van der Waals surface area contributed by atoms with E-state index in [1.165, 1.54) is 23.9 Å². The fourth-order valence-corrected chi connectivity index (χ4v) is 2.15. The van der Waals surface area contributed by atoms with Crippen molar-refractivity contribution in [2.45, 2.75) is 13.0 Å². The summed E-state index contributed by atoms with van der Waals surface area (Å²) in [6.07, 6.45) is 4.39. The zero-order valence-electron chi connectivity index (χ0n) is 11.2. The average Bonchev–Trinajstić information content (AvgIpc) is 2.36. The van der Waals surface area contributed by atoms with Crippen molar-refractivity contribution < 1.29 is 9.90 Å².